The lowest BCUT2D eigenvalue weighted by Gasteiger charge is -2.30. The number of hydrogen-bond acceptors (Lipinski definition) is 8. The van der Waals surface area contributed by atoms with E-state index in [1.807, 2.05) is 26.0 Å². The number of esters is 2. The molecule has 3 aromatic carbocycles. The van der Waals surface area contributed by atoms with E-state index in [0.717, 1.165) is 6.08 Å². The predicted molar refractivity (Wildman–Crippen MR) is 150 cm³/mol. The second kappa shape index (κ2) is 11.7. The van der Waals surface area contributed by atoms with Crippen LogP contribution in [0.1, 0.15) is 42.3 Å². The lowest BCUT2D eigenvalue weighted by atomic mass is 9.96. The van der Waals surface area contributed by atoms with E-state index < -0.39 is 17.5 Å². The fourth-order valence-corrected chi connectivity index (χ4v) is 3.89. The average molecular weight is 541 g/mol. The van der Waals surface area contributed by atoms with E-state index in [9.17, 15) is 14.4 Å². The minimum absolute atomic E-state index is 0.200. The minimum Gasteiger partial charge on any atom is -0.496 e. The number of carbonyl (C=O) groups excluding carboxylic acids is 3. The molecule has 0 spiro atoms. The van der Waals surface area contributed by atoms with Crippen LogP contribution in [0, 0.1) is 0 Å². The summed E-state index contributed by atoms with van der Waals surface area (Å²) in [7, 11) is 1.47. The summed E-state index contributed by atoms with van der Waals surface area (Å²) < 4.78 is 28.2. The van der Waals surface area contributed by atoms with Crippen LogP contribution in [0.3, 0.4) is 0 Å². The fraction of sp³-hybridized carbons (Fsp3) is 0.156. The molecule has 4 rings (SSSR count). The van der Waals surface area contributed by atoms with Crippen molar-refractivity contribution in [1.82, 2.24) is 0 Å². The quantitative estimate of drug-likeness (QED) is 0.130. The molecule has 40 heavy (non-hydrogen) atoms. The molecule has 1 aliphatic rings. The Kier molecular flexibility index (Phi) is 8.19. The van der Waals surface area contributed by atoms with Gasteiger partial charge in [-0.3, -0.25) is 9.59 Å². The van der Waals surface area contributed by atoms with Crippen molar-refractivity contribution >= 4 is 29.9 Å². The molecule has 0 N–H and O–H groups in total. The number of ether oxygens (including phenoxy) is 5. The predicted octanol–water partition coefficient (Wildman–Crippen LogP) is 6.58. The molecule has 0 bridgehead atoms. The van der Waals surface area contributed by atoms with Crippen molar-refractivity contribution in [3.05, 3.63) is 96.1 Å². The van der Waals surface area contributed by atoms with Gasteiger partial charge in [-0.25, -0.2) is 4.79 Å². The highest BCUT2D eigenvalue weighted by Crippen LogP contribution is 2.46. The number of allylic oxidation sites excluding steroid dienone is 1. The topological polar surface area (TPSA) is 97.4 Å². The number of hydrogen-bond donors (Lipinski definition) is 0. The lowest BCUT2D eigenvalue weighted by molar-refractivity contribution is -0.132. The summed E-state index contributed by atoms with van der Waals surface area (Å²) >= 11 is 0. The van der Waals surface area contributed by atoms with E-state index in [1.165, 1.54) is 20.1 Å². The minimum atomic E-state index is -0.571. The molecule has 0 unspecified atom stereocenters. The van der Waals surface area contributed by atoms with E-state index >= 15 is 0 Å². The van der Waals surface area contributed by atoms with Crippen molar-refractivity contribution in [2.75, 3.05) is 7.11 Å². The number of carbonyl (C=O) groups is 3. The van der Waals surface area contributed by atoms with Crippen molar-refractivity contribution in [1.29, 1.82) is 0 Å². The summed E-state index contributed by atoms with van der Waals surface area (Å²) in [5.41, 5.74) is 0.913. The molecule has 0 atom stereocenters. The first-order valence-corrected chi connectivity index (χ1v) is 12.3. The highest BCUT2D eigenvalue weighted by atomic mass is 16.5. The Morgan fingerprint density at radius 3 is 2.17 bits per heavy atom. The van der Waals surface area contributed by atoms with Crippen molar-refractivity contribution in [2.45, 2.75) is 26.4 Å². The molecule has 0 amide bonds. The molecule has 0 aromatic heterocycles. The Labute approximate surface area is 232 Å². The van der Waals surface area contributed by atoms with Gasteiger partial charge in [-0.1, -0.05) is 24.8 Å². The summed E-state index contributed by atoms with van der Waals surface area (Å²) in [6, 6.07) is 14.8. The Morgan fingerprint density at radius 1 is 0.925 bits per heavy atom. The molecule has 1 aliphatic heterocycles. The number of fused-ring (bicyclic) bond motifs is 1. The van der Waals surface area contributed by atoms with Gasteiger partial charge in [0.1, 0.15) is 39.9 Å². The Bertz CT molecular complexity index is 1510. The maximum atomic E-state index is 13.6. The van der Waals surface area contributed by atoms with Gasteiger partial charge in [0.2, 0.25) is 0 Å². The Balaban J connectivity index is 1.71. The van der Waals surface area contributed by atoms with Gasteiger partial charge in [0.05, 0.1) is 12.7 Å². The monoisotopic (exact) mass is 540 g/mol. The fourth-order valence-electron chi connectivity index (χ4n) is 3.89. The largest absolute Gasteiger partial charge is 0.496 e. The van der Waals surface area contributed by atoms with Crippen LogP contribution in [-0.4, -0.2) is 30.4 Å². The highest BCUT2D eigenvalue weighted by Gasteiger charge is 2.30. The second-order valence-electron chi connectivity index (χ2n) is 9.29. The van der Waals surface area contributed by atoms with Gasteiger partial charge in [-0.2, -0.15) is 0 Å². The molecule has 0 aliphatic carbocycles. The van der Waals surface area contributed by atoms with E-state index in [2.05, 4.69) is 6.58 Å². The van der Waals surface area contributed by atoms with E-state index in [-0.39, 0.29) is 22.8 Å². The van der Waals surface area contributed by atoms with Gasteiger partial charge in [0.15, 0.2) is 11.5 Å². The van der Waals surface area contributed by atoms with Crippen LogP contribution in [0.15, 0.2) is 79.4 Å². The van der Waals surface area contributed by atoms with Crippen LogP contribution in [0.25, 0.3) is 12.2 Å². The zero-order chi connectivity index (χ0) is 28.9. The third-order valence-electron chi connectivity index (χ3n) is 5.73. The third kappa shape index (κ3) is 6.66. The van der Waals surface area contributed by atoms with E-state index in [0.29, 0.717) is 34.1 Å². The zero-order valence-corrected chi connectivity index (χ0v) is 22.6. The SMILES string of the molecule is C=CC(=O)Oc1ccc(/C=C/C(=O)c2c(OC)cc3c(c2Oc2ccc(OC(C)=O)cc2)C=CC(C)(C)O3)cc1. The maximum absolute atomic E-state index is 13.6. The van der Waals surface area contributed by atoms with Crippen LogP contribution < -0.4 is 23.7 Å². The standard InChI is InChI=1S/C32H28O8/c1-6-29(35)38-23-10-7-21(8-11-23)9-16-26(34)30-28(36-5)19-27-25(17-18-32(3,4)40-27)31(30)39-24-14-12-22(13-15-24)37-20(2)33/h6-19H,1H2,2-5H3/b16-9+. The smallest absolute Gasteiger partial charge is 0.335 e. The summed E-state index contributed by atoms with van der Waals surface area (Å²) in [4.78, 5) is 36.3. The zero-order valence-electron chi connectivity index (χ0n) is 22.6. The van der Waals surface area contributed by atoms with Gasteiger partial charge < -0.3 is 23.7 Å². The third-order valence-corrected chi connectivity index (χ3v) is 5.73. The molecule has 8 nitrogen and oxygen atoms in total. The number of ketones is 1. The summed E-state index contributed by atoms with van der Waals surface area (Å²) in [6.07, 6.45) is 7.85. The number of methoxy groups -OCH3 is 1. The number of rotatable bonds is 9. The molecule has 204 valence electrons. The molecule has 0 fully saturated rings. The average Bonchev–Trinajstić information content (AvgIpc) is 2.92. The van der Waals surface area contributed by atoms with Gasteiger partial charge in [0.25, 0.3) is 0 Å². The molecular formula is C32H28O8. The summed E-state index contributed by atoms with van der Waals surface area (Å²) in [6.45, 7) is 8.52. The van der Waals surface area contributed by atoms with Crippen molar-refractivity contribution in [3.63, 3.8) is 0 Å². The summed E-state index contributed by atoms with van der Waals surface area (Å²) in [5.74, 6) is 0.789. The van der Waals surface area contributed by atoms with Crippen LogP contribution >= 0.6 is 0 Å². The molecule has 3 aromatic rings. The highest BCUT2D eigenvalue weighted by molar-refractivity contribution is 6.11. The van der Waals surface area contributed by atoms with E-state index in [1.54, 1.807) is 60.7 Å². The first kappa shape index (κ1) is 27.9. The molecule has 0 saturated carbocycles. The molecular weight excluding hydrogens is 512 g/mol. The second-order valence-corrected chi connectivity index (χ2v) is 9.29. The van der Waals surface area contributed by atoms with Gasteiger partial charge in [-0.15, -0.1) is 0 Å². The van der Waals surface area contributed by atoms with Crippen molar-refractivity contribution in [3.8, 4) is 34.5 Å². The molecule has 0 saturated heterocycles. The summed E-state index contributed by atoms with van der Waals surface area (Å²) in [5, 5.41) is 0. The Hall–Kier alpha value is -5.11. The van der Waals surface area contributed by atoms with Gasteiger partial charge in [0, 0.05) is 19.1 Å². The van der Waals surface area contributed by atoms with E-state index in [4.69, 9.17) is 23.7 Å². The maximum Gasteiger partial charge on any atom is 0.335 e. The van der Waals surface area contributed by atoms with Crippen LogP contribution in [0.4, 0.5) is 0 Å². The van der Waals surface area contributed by atoms with Crippen molar-refractivity contribution < 1.29 is 38.1 Å². The lowest BCUT2D eigenvalue weighted by Crippen LogP contribution is -2.27. The van der Waals surface area contributed by atoms with Crippen LogP contribution in [0.2, 0.25) is 0 Å². The van der Waals surface area contributed by atoms with Gasteiger partial charge in [-0.05, 0) is 74.0 Å². The molecule has 0 radical (unpaired) electrons. The normalized spacial score (nSPS) is 13.1. The Morgan fingerprint density at radius 2 is 1.55 bits per heavy atom. The van der Waals surface area contributed by atoms with Crippen LogP contribution in [0.5, 0.6) is 34.5 Å². The first-order chi connectivity index (χ1) is 19.1. The molecule has 8 heteroatoms. The van der Waals surface area contributed by atoms with Crippen molar-refractivity contribution in [2.24, 2.45) is 0 Å². The first-order valence-electron chi connectivity index (χ1n) is 12.3. The number of benzene rings is 3. The van der Waals surface area contributed by atoms with Crippen LogP contribution in [-0.2, 0) is 9.59 Å². The van der Waals surface area contributed by atoms with Gasteiger partial charge >= 0.3 is 11.9 Å². The molecule has 1 heterocycles.